The molecule has 19 heavy (non-hydrogen) atoms. The van der Waals surface area contributed by atoms with E-state index < -0.39 is 0 Å². The highest BCUT2D eigenvalue weighted by Crippen LogP contribution is 2.25. The highest BCUT2D eigenvalue weighted by molar-refractivity contribution is 5.81. The molecule has 0 heterocycles. The molecule has 2 fully saturated rings. The number of aliphatic hydroxyl groups is 1. The van der Waals surface area contributed by atoms with E-state index in [2.05, 4.69) is 10.6 Å². The van der Waals surface area contributed by atoms with Crippen LogP contribution in [0.2, 0.25) is 0 Å². The number of rotatable bonds is 5. The second-order valence-corrected chi connectivity index (χ2v) is 6.21. The Kier molecular flexibility index (Phi) is 5.64. The first-order chi connectivity index (χ1) is 9.20. The van der Waals surface area contributed by atoms with Crippen LogP contribution in [0.15, 0.2) is 0 Å². The Hall–Kier alpha value is -0.610. The SMILES string of the molecule is CC(NC1CCCC1CO)C(=O)NC1CCCCC1. The van der Waals surface area contributed by atoms with Crippen molar-refractivity contribution in [2.75, 3.05) is 6.61 Å². The molecule has 0 aromatic carbocycles. The lowest BCUT2D eigenvalue weighted by molar-refractivity contribution is -0.124. The maximum atomic E-state index is 12.2. The fourth-order valence-electron chi connectivity index (χ4n) is 3.44. The standard InChI is InChI=1S/C15H28N2O2/c1-11(16-14-9-5-6-12(14)10-18)15(19)17-13-7-3-2-4-8-13/h11-14,16,18H,2-10H2,1H3,(H,17,19). The molecule has 2 aliphatic rings. The molecule has 2 aliphatic carbocycles. The molecule has 0 bridgehead atoms. The summed E-state index contributed by atoms with van der Waals surface area (Å²) in [4.78, 5) is 12.2. The lowest BCUT2D eigenvalue weighted by Crippen LogP contribution is -2.50. The number of aliphatic hydroxyl groups excluding tert-OH is 1. The smallest absolute Gasteiger partial charge is 0.237 e. The van der Waals surface area contributed by atoms with Crippen LogP contribution in [0.4, 0.5) is 0 Å². The number of amides is 1. The molecule has 4 heteroatoms. The Morgan fingerprint density at radius 3 is 2.58 bits per heavy atom. The minimum absolute atomic E-state index is 0.121. The number of hydrogen-bond acceptors (Lipinski definition) is 3. The van der Waals surface area contributed by atoms with E-state index in [-0.39, 0.29) is 18.6 Å². The molecule has 2 saturated carbocycles. The maximum absolute atomic E-state index is 12.2. The molecule has 0 radical (unpaired) electrons. The summed E-state index contributed by atoms with van der Waals surface area (Å²) in [5.74, 6) is 0.445. The molecule has 0 aromatic rings. The molecule has 0 aliphatic heterocycles. The van der Waals surface area contributed by atoms with Crippen molar-refractivity contribution in [3.8, 4) is 0 Å². The van der Waals surface area contributed by atoms with Gasteiger partial charge in [-0.15, -0.1) is 0 Å². The maximum Gasteiger partial charge on any atom is 0.237 e. The average molecular weight is 268 g/mol. The first-order valence-corrected chi connectivity index (χ1v) is 7.88. The molecule has 3 unspecified atom stereocenters. The van der Waals surface area contributed by atoms with E-state index in [4.69, 9.17) is 0 Å². The molecule has 0 saturated heterocycles. The summed E-state index contributed by atoms with van der Waals surface area (Å²) in [5, 5.41) is 15.9. The third kappa shape index (κ3) is 4.18. The lowest BCUT2D eigenvalue weighted by atomic mass is 9.95. The highest BCUT2D eigenvalue weighted by atomic mass is 16.3. The Bertz CT molecular complexity index is 290. The van der Waals surface area contributed by atoms with Gasteiger partial charge in [-0.05, 0) is 38.5 Å². The van der Waals surface area contributed by atoms with Crippen LogP contribution in [0.5, 0.6) is 0 Å². The van der Waals surface area contributed by atoms with E-state index in [0.717, 1.165) is 32.1 Å². The number of carbonyl (C=O) groups excluding carboxylic acids is 1. The topological polar surface area (TPSA) is 61.4 Å². The van der Waals surface area contributed by atoms with Gasteiger partial charge < -0.3 is 15.7 Å². The number of nitrogens with one attached hydrogen (secondary N) is 2. The Morgan fingerprint density at radius 1 is 1.16 bits per heavy atom. The van der Waals surface area contributed by atoms with Gasteiger partial charge in [-0.25, -0.2) is 0 Å². The second kappa shape index (κ2) is 7.25. The van der Waals surface area contributed by atoms with Gasteiger partial charge in [0.2, 0.25) is 5.91 Å². The van der Waals surface area contributed by atoms with Crippen LogP contribution in [0.25, 0.3) is 0 Å². The van der Waals surface area contributed by atoms with Gasteiger partial charge in [0, 0.05) is 18.7 Å². The second-order valence-electron chi connectivity index (χ2n) is 6.21. The van der Waals surface area contributed by atoms with Gasteiger partial charge >= 0.3 is 0 Å². The van der Waals surface area contributed by atoms with Gasteiger partial charge in [0.25, 0.3) is 0 Å². The molecule has 110 valence electrons. The Morgan fingerprint density at radius 2 is 1.89 bits per heavy atom. The van der Waals surface area contributed by atoms with E-state index in [1.807, 2.05) is 6.92 Å². The summed E-state index contributed by atoms with van der Waals surface area (Å²) < 4.78 is 0. The van der Waals surface area contributed by atoms with E-state index in [9.17, 15) is 9.90 Å². The molecule has 0 spiro atoms. The van der Waals surface area contributed by atoms with Crippen molar-refractivity contribution in [3.05, 3.63) is 0 Å². The van der Waals surface area contributed by atoms with Gasteiger partial charge in [-0.1, -0.05) is 25.7 Å². The first-order valence-electron chi connectivity index (χ1n) is 7.88. The molecule has 4 nitrogen and oxygen atoms in total. The zero-order chi connectivity index (χ0) is 13.7. The van der Waals surface area contributed by atoms with Gasteiger partial charge in [-0.2, -0.15) is 0 Å². The molecule has 0 aromatic heterocycles. The Labute approximate surface area is 116 Å². The normalized spacial score (nSPS) is 30.2. The quantitative estimate of drug-likeness (QED) is 0.709. The van der Waals surface area contributed by atoms with Gasteiger partial charge in [0.15, 0.2) is 0 Å². The van der Waals surface area contributed by atoms with Crippen LogP contribution in [0.1, 0.15) is 58.3 Å². The van der Waals surface area contributed by atoms with Crippen LogP contribution < -0.4 is 10.6 Å². The van der Waals surface area contributed by atoms with Crippen molar-refractivity contribution in [2.24, 2.45) is 5.92 Å². The number of carbonyl (C=O) groups is 1. The van der Waals surface area contributed by atoms with E-state index in [1.54, 1.807) is 0 Å². The summed E-state index contributed by atoms with van der Waals surface area (Å²) in [6, 6.07) is 0.527. The molecule has 2 rings (SSSR count). The van der Waals surface area contributed by atoms with Gasteiger partial charge in [-0.3, -0.25) is 4.79 Å². The summed E-state index contributed by atoms with van der Waals surface area (Å²) in [6.07, 6.45) is 9.34. The van der Waals surface area contributed by atoms with Crippen molar-refractivity contribution in [3.63, 3.8) is 0 Å². The average Bonchev–Trinajstić information content (AvgIpc) is 2.87. The zero-order valence-corrected chi connectivity index (χ0v) is 12.0. The third-order valence-electron chi connectivity index (χ3n) is 4.70. The number of hydrogen-bond donors (Lipinski definition) is 3. The zero-order valence-electron chi connectivity index (χ0n) is 12.0. The van der Waals surface area contributed by atoms with Crippen molar-refractivity contribution >= 4 is 5.91 Å². The third-order valence-corrected chi connectivity index (χ3v) is 4.70. The molecule has 3 atom stereocenters. The van der Waals surface area contributed by atoms with Crippen LogP contribution in [0, 0.1) is 5.92 Å². The minimum Gasteiger partial charge on any atom is -0.396 e. The van der Waals surface area contributed by atoms with Crippen molar-refractivity contribution < 1.29 is 9.90 Å². The molecular weight excluding hydrogens is 240 g/mol. The first kappa shape index (κ1) is 14.8. The molecular formula is C15H28N2O2. The van der Waals surface area contributed by atoms with E-state index in [0.29, 0.717) is 18.0 Å². The van der Waals surface area contributed by atoms with E-state index in [1.165, 1.54) is 19.3 Å². The Balaban J connectivity index is 1.75. The van der Waals surface area contributed by atoms with Crippen LogP contribution in [-0.4, -0.2) is 35.7 Å². The molecule has 1 amide bonds. The fourth-order valence-corrected chi connectivity index (χ4v) is 3.44. The molecule has 3 N–H and O–H groups in total. The van der Waals surface area contributed by atoms with Crippen LogP contribution in [0.3, 0.4) is 0 Å². The van der Waals surface area contributed by atoms with E-state index >= 15 is 0 Å². The monoisotopic (exact) mass is 268 g/mol. The predicted octanol–water partition coefficient (Wildman–Crippen LogP) is 1.57. The highest BCUT2D eigenvalue weighted by Gasteiger charge is 2.29. The van der Waals surface area contributed by atoms with Gasteiger partial charge in [0.1, 0.15) is 0 Å². The van der Waals surface area contributed by atoms with Crippen LogP contribution >= 0.6 is 0 Å². The summed E-state index contributed by atoms with van der Waals surface area (Å²) in [7, 11) is 0. The summed E-state index contributed by atoms with van der Waals surface area (Å²) in [6.45, 7) is 2.17. The minimum atomic E-state index is -0.154. The van der Waals surface area contributed by atoms with Crippen LogP contribution in [-0.2, 0) is 4.79 Å². The lowest BCUT2D eigenvalue weighted by Gasteiger charge is -2.27. The van der Waals surface area contributed by atoms with Crippen molar-refractivity contribution in [1.82, 2.24) is 10.6 Å². The fraction of sp³-hybridized carbons (Fsp3) is 0.933. The largest absolute Gasteiger partial charge is 0.396 e. The summed E-state index contributed by atoms with van der Waals surface area (Å²) >= 11 is 0. The predicted molar refractivity (Wildman–Crippen MR) is 75.8 cm³/mol. The van der Waals surface area contributed by atoms with Crippen molar-refractivity contribution in [1.29, 1.82) is 0 Å². The van der Waals surface area contributed by atoms with Gasteiger partial charge in [0.05, 0.1) is 6.04 Å². The van der Waals surface area contributed by atoms with Crippen molar-refractivity contribution in [2.45, 2.75) is 76.4 Å². The summed E-state index contributed by atoms with van der Waals surface area (Å²) in [5.41, 5.74) is 0.